The molecule has 1 unspecified atom stereocenters. The third-order valence-electron chi connectivity index (χ3n) is 3.29. The number of hydrogen-bond donors (Lipinski definition) is 2. The van der Waals surface area contributed by atoms with Crippen molar-refractivity contribution in [3.05, 3.63) is 65.7 Å². The molecule has 2 aromatic rings. The first-order valence-electron chi connectivity index (χ1n) is 7.01. The molecule has 2 N–H and O–H groups in total. The molecule has 2 rings (SSSR count). The lowest BCUT2D eigenvalue weighted by Gasteiger charge is -2.24. The molecule has 0 bridgehead atoms. The van der Waals surface area contributed by atoms with Gasteiger partial charge in [0.15, 0.2) is 11.6 Å². The first-order chi connectivity index (χ1) is 10.9. The van der Waals surface area contributed by atoms with Gasteiger partial charge < -0.3 is 10.4 Å². The van der Waals surface area contributed by atoms with Crippen molar-refractivity contribution in [2.45, 2.75) is 17.4 Å². The van der Waals surface area contributed by atoms with E-state index in [2.05, 4.69) is 5.32 Å². The number of halogens is 2. The van der Waals surface area contributed by atoms with Gasteiger partial charge in [-0.1, -0.05) is 30.3 Å². The molecule has 0 aliphatic carbocycles. The second kappa shape index (κ2) is 7.57. The van der Waals surface area contributed by atoms with E-state index in [1.807, 2.05) is 18.2 Å². The Labute approximate surface area is 137 Å². The minimum Gasteiger partial charge on any atom is -0.384 e. The Balaban J connectivity index is 1.84. The number of benzene rings is 2. The Hall–Kier alpha value is -1.92. The first kappa shape index (κ1) is 17.4. The van der Waals surface area contributed by atoms with Gasteiger partial charge in [-0.25, -0.2) is 8.78 Å². The van der Waals surface area contributed by atoms with Gasteiger partial charge in [0.1, 0.15) is 5.60 Å². The minimum absolute atomic E-state index is 0.0515. The smallest absolute Gasteiger partial charge is 0.230 e. The van der Waals surface area contributed by atoms with E-state index in [0.29, 0.717) is 10.5 Å². The molecule has 0 heterocycles. The summed E-state index contributed by atoms with van der Waals surface area (Å²) in [5, 5.41) is 13.0. The number of thioether (sulfide) groups is 1. The highest BCUT2D eigenvalue weighted by Crippen LogP contribution is 2.21. The van der Waals surface area contributed by atoms with Crippen molar-refractivity contribution >= 4 is 17.7 Å². The molecule has 0 aliphatic heterocycles. The molecule has 6 heteroatoms. The number of nitrogens with one attached hydrogen (secondary N) is 1. The fourth-order valence-electron chi connectivity index (χ4n) is 1.94. The number of rotatable bonds is 6. The van der Waals surface area contributed by atoms with Crippen LogP contribution in [0, 0.1) is 11.6 Å². The standard InChI is InChI=1S/C17H17F2NO2S/c1-17(22,12-5-3-2-4-6-12)11-20-16(21)10-23-13-7-8-14(18)15(19)9-13/h2-9,22H,10-11H2,1H3,(H,20,21). The molecule has 1 amide bonds. The molecule has 0 spiro atoms. The highest BCUT2D eigenvalue weighted by molar-refractivity contribution is 8.00. The van der Waals surface area contributed by atoms with Crippen molar-refractivity contribution in [1.29, 1.82) is 0 Å². The van der Waals surface area contributed by atoms with Crippen molar-refractivity contribution in [3.8, 4) is 0 Å². The van der Waals surface area contributed by atoms with E-state index in [4.69, 9.17) is 0 Å². The predicted molar refractivity (Wildman–Crippen MR) is 86.1 cm³/mol. The molecular weight excluding hydrogens is 320 g/mol. The van der Waals surface area contributed by atoms with E-state index in [0.717, 1.165) is 23.9 Å². The van der Waals surface area contributed by atoms with Gasteiger partial charge in [0, 0.05) is 4.90 Å². The van der Waals surface area contributed by atoms with Crippen LogP contribution < -0.4 is 5.32 Å². The van der Waals surface area contributed by atoms with Gasteiger partial charge in [-0.2, -0.15) is 0 Å². The molecule has 0 aliphatic rings. The third kappa shape index (κ3) is 5.04. The monoisotopic (exact) mass is 337 g/mol. The third-order valence-corrected chi connectivity index (χ3v) is 4.28. The molecule has 0 saturated carbocycles. The van der Waals surface area contributed by atoms with Crippen molar-refractivity contribution < 1.29 is 18.7 Å². The summed E-state index contributed by atoms with van der Waals surface area (Å²) in [5.41, 5.74) is -0.475. The Bertz CT molecular complexity index is 678. The van der Waals surface area contributed by atoms with Crippen LogP contribution in [0.25, 0.3) is 0 Å². The molecular formula is C17H17F2NO2S. The number of carbonyl (C=O) groups is 1. The molecule has 2 aromatic carbocycles. The second-order valence-corrected chi connectivity index (χ2v) is 6.33. The zero-order valence-corrected chi connectivity index (χ0v) is 13.4. The molecule has 23 heavy (non-hydrogen) atoms. The summed E-state index contributed by atoms with van der Waals surface area (Å²) in [6.45, 7) is 1.68. The van der Waals surface area contributed by atoms with Crippen molar-refractivity contribution in [1.82, 2.24) is 5.32 Å². The van der Waals surface area contributed by atoms with Crippen LogP contribution in [-0.2, 0) is 10.4 Å². The maximum atomic E-state index is 13.1. The lowest BCUT2D eigenvalue weighted by molar-refractivity contribution is -0.119. The maximum absolute atomic E-state index is 13.1. The van der Waals surface area contributed by atoms with Crippen molar-refractivity contribution in [2.75, 3.05) is 12.3 Å². The van der Waals surface area contributed by atoms with Crippen LogP contribution in [0.15, 0.2) is 53.4 Å². The predicted octanol–water partition coefficient (Wildman–Crippen LogP) is 3.08. The van der Waals surface area contributed by atoms with Crippen LogP contribution in [0.3, 0.4) is 0 Å². The molecule has 3 nitrogen and oxygen atoms in total. The lowest BCUT2D eigenvalue weighted by Crippen LogP contribution is -2.39. The van der Waals surface area contributed by atoms with Crippen LogP contribution >= 0.6 is 11.8 Å². The Morgan fingerprint density at radius 1 is 1.17 bits per heavy atom. The Morgan fingerprint density at radius 2 is 1.87 bits per heavy atom. The van der Waals surface area contributed by atoms with Crippen LogP contribution in [0.2, 0.25) is 0 Å². The summed E-state index contributed by atoms with van der Waals surface area (Å²) in [5.74, 6) is -2.10. The van der Waals surface area contributed by atoms with Crippen LogP contribution in [0.5, 0.6) is 0 Å². The molecule has 0 radical (unpaired) electrons. The first-order valence-corrected chi connectivity index (χ1v) is 7.99. The summed E-state index contributed by atoms with van der Waals surface area (Å²) in [6.07, 6.45) is 0. The Morgan fingerprint density at radius 3 is 2.52 bits per heavy atom. The topological polar surface area (TPSA) is 49.3 Å². The molecule has 0 saturated heterocycles. The number of carbonyl (C=O) groups excluding carboxylic acids is 1. The van der Waals surface area contributed by atoms with Gasteiger partial charge in [0.2, 0.25) is 5.91 Å². The van der Waals surface area contributed by atoms with E-state index in [-0.39, 0.29) is 18.2 Å². The quantitative estimate of drug-likeness (QED) is 0.797. The highest BCUT2D eigenvalue weighted by atomic mass is 32.2. The summed E-state index contributed by atoms with van der Waals surface area (Å²) < 4.78 is 25.9. The molecule has 0 fully saturated rings. The highest BCUT2D eigenvalue weighted by Gasteiger charge is 2.23. The van der Waals surface area contributed by atoms with Gasteiger partial charge in [0.25, 0.3) is 0 Å². The zero-order valence-electron chi connectivity index (χ0n) is 12.6. The SMILES string of the molecule is CC(O)(CNC(=O)CSc1ccc(F)c(F)c1)c1ccccc1. The van der Waals surface area contributed by atoms with E-state index in [9.17, 15) is 18.7 Å². The summed E-state index contributed by atoms with van der Waals surface area (Å²) in [7, 11) is 0. The lowest BCUT2D eigenvalue weighted by atomic mass is 9.96. The summed E-state index contributed by atoms with van der Waals surface area (Å²) in [4.78, 5) is 12.3. The molecule has 1 atom stereocenters. The van der Waals surface area contributed by atoms with Gasteiger partial charge >= 0.3 is 0 Å². The number of hydrogen-bond acceptors (Lipinski definition) is 3. The largest absolute Gasteiger partial charge is 0.384 e. The number of amides is 1. The second-order valence-electron chi connectivity index (χ2n) is 5.28. The maximum Gasteiger partial charge on any atom is 0.230 e. The fourth-order valence-corrected chi connectivity index (χ4v) is 2.69. The van der Waals surface area contributed by atoms with E-state index >= 15 is 0 Å². The molecule has 122 valence electrons. The van der Waals surface area contributed by atoms with Crippen LogP contribution in [-0.4, -0.2) is 23.3 Å². The molecule has 0 aromatic heterocycles. The normalized spacial score (nSPS) is 13.4. The van der Waals surface area contributed by atoms with Gasteiger partial charge in [-0.15, -0.1) is 11.8 Å². The average molecular weight is 337 g/mol. The Kier molecular flexibility index (Phi) is 5.74. The summed E-state index contributed by atoms with van der Waals surface area (Å²) >= 11 is 1.10. The van der Waals surface area contributed by atoms with E-state index < -0.39 is 17.2 Å². The van der Waals surface area contributed by atoms with Gasteiger partial charge in [-0.05, 0) is 30.7 Å². The van der Waals surface area contributed by atoms with Gasteiger partial charge in [-0.3, -0.25) is 4.79 Å². The van der Waals surface area contributed by atoms with Gasteiger partial charge in [0.05, 0.1) is 12.3 Å². The zero-order chi connectivity index (χ0) is 16.9. The fraction of sp³-hybridized carbons (Fsp3) is 0.235. The minimum atomic E-state index is -1.18. The number of aliphatic hydroxyl groups is 1. The summed E-state index contributed by atoms with van der Waals surface area (Å²) in [6, 6.07) is 12.5. The van der Waals surface area contributed by atoms with E-state index in [1.165, 1.54) is 6.07 Å². The van der Waals surface area contributed by atoms with E-state index in [1.54, 1.807) is 19.1 Å². The van der Waals surface area contributed by atoms with Crippen LogP contribution in [0.1, 0.15) is 12.5 Å². The van der Waals surface area contributed by atoms with Crippen molar-refractivity contribution in [3.63, 3.8) is 0 Å². The average Bonchev–Trinajstić information content (AvgIpc) is 2.55. The van der Waals surface area contributed by atoms with Crippen LogP contribution in [0.4, 0.5) is 8.78 Å². The van der Waals surface area contributed by atoms with Crippen molar-refractivity contribution in [2.24, 2.45) is 0 Å².